The average Bonchev–Trinajstić information content (AvgIpc) is 3.25. The summed E-state index contributed by atoms with van der Waals surface area (Å²) in [6, 6.07) is 0.0419. The Bertz CT molecular complexity index is 1200. The van der Waals surface area contributed by atoms with E-state index in [1.807, 2.05) is 13.8 Å². The van der Waals surface area contributed by atoms with E-state index >= 15 is 0 Å². The van der Waals surface area contributed by atoms with Gasteiger partial charge >= 0.3 is 17.1 Å². The van der Waals surface area contributed by atoms with Crippen molar-refractivity contribution in [1.29, 1.82) is 0 Å². The molecule has 2 fully saturated rings. The van der Waals surface area contributed by atoms with Crippen LogP contribution in [0.4, 0.5) is 0 Å². The number of rotatable bonds is 7. The molecular formula is C24H34N5O5+. The van der Waals surface area contributed by atoms with Gasteiger partial charge in [0.1, 0.15) is 0 Å². The minimum Gasteiger partial charge on any atom is -0.477 e. The van der Waals surface area contributed by atoms with Crippen LogP contribution >= 0.6 is 0 Å². The van der Waals surface area contributed by atoms with E-state index in [0.29, 0.717) is 30.8 Å². The molecule has 4 rings (SSSR count). The number of amides is 2. The molecule has 2 aromatic rings. The first-order valence-corrected chi connectivity index (χ1v) is 11.9. The summed E-state index contributed by atoms with van der Waals surface area (Å²) < 4.78 is 2.77. The lowest BCUT2D eigenvalue weighted by Gasteiger charge is -2.25. The molecule has 0 radical (unpaired) electrons. The third kappa shape index (κ3) is 4.72. The second kappa shape index (κ2) is 8.90. The maximum Gasteiger partial charge on any atom is 0.378 e. The van der Waals surface area contributed by atoms with Crippen LogP contribution in [0.25, 0.3) is 11.7 Å². The monoisotopic (exact) mass is 472 g/mol. The predicted octanol–water partition coefficient (Wildman–Crippen LogP) is 0.802. The average molecular weight is 473 g/mol. The molecule has 3 heterocycles. The molecule has 34 heavy (non-hydrogen) atoms. The second-order valence-corrected chi connectivity index (χ2v) is 10.4. The predicted molar refractivity (Wildman–Crippen MR) is 125 cm³/mol. The molecule has 10 heteroatoms. The lowest BCUT2D eigenvalue weighted by atomic mass is 9.90. The van der Waals surface area contributed by atoms with Gasteiger partial charge in [0.15, 0.2) is 0 Å². The molecule has 0 bridgehead atoms. The molecule has 184 valence electrons. The number of carbonyl (C=O) groups is 2. The van der Waals surface area contributed by atoms with E-state index in [1.54, 1.807) is 31.0 Å². The molecule has 1 saturated heterocycles. The summed E-state index contributed by atoms with van der Waals surface area (Å²) in [5.74, 6) is -1.03. The third-order valence-corrected chi connectivity index (χ3v) is 6.56. The maximum absolute atomic E-state index is 13.1. The van der Waals surface area contributed by atoms with E-state index in [1.165, 1.54) is 15.2 Å². The number of carbonyl (C=O) groups excluding carboxylic acids is 2. The summed E-state index contributed by atoms with van der Waals surface area (Å²) in [6.07, 6.45) is 7.07. The Morgan fingerprint density at radius 2 is 2.03 bits per heavy atom. The Morgan fingerprint density at radius 3 is 2.62 bits per heavy atom. The molecule has 2 amide bonds. The summed E-state index contributed by atoms with van der Waals surface area (Å²) in [6.45, 7) is 8.86. The van der Waals surface area contributed by atoms with Crippen LogP contribution in [0.5, 0.6) is 5.88 Å². The highest BCUT2D eigenvalue weighted by atomic mass is 16.3. The van der Waals surface area contributed by atoms with E-state index in [2.05, 4.69) is 10.4 Å². The Hall–Kier alpha value is -3.14. The largest absolute Gasteiger partial charge is 0.477 e. The van der Waals surface area contributed by atoms with Crippen molar-refractivity contribution in [2.45, 2.75) is 65.1 Å². The number of aliphatic hydroxyl groups is 1. The Morgan fingerprint density at radius 1 is 1.32 bits per heavy atom. The number of aromatic hydroxyl groups is 1. The molecule has 1 aliphatic carbocycles. The van der Waals surface area contributed by atoms with Crippen molar-refractivity contribution in [3.63, 3.8) is 0 Å². The summed E-state index contributed by atoms with van der Waals surface area (Å²) in [5, 5.41) is 26.8. The molecular weight excluding hydrogens is 438 g/mol. The molecule has 0 spiro atoms. The summed E-state index contributed by atoms with van der Waals surface area (Å²) in [4.78, 5) is 40.2. The lowest BCUT2D eigenvalue weighted by Crippen LogP contribution is -2.46. The fourth-order valence-electron chi connectivity index (χ4n) is 4.41. The number of aromatic amines is 1. The van der Waals surface area contributed by atoms with Crippen LogP contribution in [-0.4, -0.2) is 61.3 Å². The van der Waals surface area contributed by atoms with Crippen molar-refractivity contribution < 1.29 is 24.4 Å². The number of aromatic nitrogens is 3. The SMILES string of the molecule is CC(C)C[n+]1c(O)c(C(=O)NC2CC2)c(=O)n2[nH]cc(/C=C/C(=O)N3CC[C@@H](C(C)(C)O)C3)c21. The van der Waals surface area contributed by atoms with Gasteiger partial charge in [-0.1, -0.05) is 18.4 Å². The first kappa shape index (κ1) is 24.0. The van der Waals surface area contributed by atoms with Gasteiger partial charge in [0.05, 0.1) is 23.9 Å². The van der Waals surface area contributed by atoms with Gasteiger partial charge in [-0.3, -0.25) is 9.59 Å². The van der Waals surface area contributed by atoms with Crippen LogP contribution < -0.4 is 15.4 Å². The topological polar surface area (TPSA) is 131 Å². The van der Waals surface area contributed by atoms with Crippen molar-refractivity contribution in [3.05, 3.63) is 33.8 Å². The van der Waals surface area contributed by atoms with E-state index < -0.39 is 17.1 Å². The fraction of sp³-hybridized carbons (Fsp3) is 0.583. The zero-order valence-corrected chi connectivity index (χ0v) is 20.2. The van der Waals surface area contributed by atoms with Gasteiger partial charge in [-0.15, -0.1) is 0 Å². The van der Waals surface area contributed by atoms with Gasteiger partial charge in [0.2, 0.25) is 11.5 Å². The lowest BCUT2D eigenvalue weighted by molar-refractivity contribution is -0.686. The summed E-state index contributed by atoms with van der Waals surface area (Å²) in [5.41, 5.74) is -0.884. The highest BCUT2D eigenvalue weighted by Gasteiger charge is 2.36. The summed E-state index contributed by atoms with van der Waals surface area (Å²) in [7, 11) is 0. The van der Waals surface area contributed by atoms with Crippen molar-refractivity contribution in [2.24, 2.45) is 11.8 Å². The Balaban J connectivity index is 1.68. The maximum atomic E-state index is 13.1. The molecule has 2 aromatic heterocycles. The number of hydrogen-bond acceptors (Lipinski definition) is 5. The Kier molecular flexibility index (Phi) is 6.28. The standard InChI is InChI=1S/C24H33N5O5/c1-14(2)12-28-21-15(5-8-18(30)27-10-9-16(13-27)24(3,4)34)11-25-29(21)23(33)19(22(28)32)20(31)26-17-6-7-17/h5,8,11,14,16-17,34H,6-7,9-10,12-13H2,1-4H3,(H2,26,31,32,33)/p+1/b8-5+/t16-/m1/s1. The minimum atomic E-state index is -0.847. The number of hydrogen-bond donors (Lipinski definition) is 4. The first-order chi connectivity index (χ1) is 16.0. The zero-order chi connectivity index (χ0) is 24.8. The van der Waals surface area contributed by atoms with Gasteiger partial charge in [-0.25, -0.2) is 9.89 Å². The van der Waals surface area contributed by atoms with Gasteiger partial charge in [0, 0.05) is 31.1 Å². The van der Waals surface area contributed by atoms with Crippen LogP contribution in [0, 0.1) is 11.8 Å². The van der Waals surface area contributed by atoms with E-state index in [4.69, 9.17) is 0 Å². The van der Waals surface area contributed by atoms with E-state index in [0.717, 1.165) is 19.3 Å². The van der Waals surface area contributed by atoms with Crippen LogP contribution in [-0.2, 0) is 11.3 Å². The van der Waals surface area contributed by atoms with Crippen molar-refractivity contribution in [2.75, 3.05) is 13.1 Å². The van der Waals surface area contributed by atoms with Gasteiger partial charge in [0.25, 0.3) is 5.91 Å². The smallest absolute Gasteiger partial charge is 0.378 e. The second-order valence-electron chi connectivity index (χ2n) is 10.4. The van der Waals surface area contributed by atoms with Crippen LogP contribution in [0.3, 0.4) is 0 Å². The van der Waals surface area contributed by atoms with Crippen LogP contribution in [0.1, 0.15) is 62.9 Å². The number of nitrogens with one attached hydrogen (secondary N) is 2. The molecule has 0 unspecified atom stereocenters. The molecule has 1 atom stereocenters. The number of likely N-dealkylation sites (tertiary alicyclic amines) is 1. The van der Waals surface area contributed by atoms with Gasteiger partial charge < -0.3 is 20.4 Å². The first-order valence-electron chi connectivity index (χ1n) is 11.9. The normalized spacial score (nSPS) is 19.0. The number of fused-ring (bicyclic) bond motifs is 1. The van der Waals surface area contributed by atoms with Crippen molar-refractivity contribution in [3.8, 4) is 5.88 Å². The molecule has 2 aliphatic rings. The molecule has 4 N–H and O–H groups in total. The van der Waals surface area contributed by atoms with Crippen LogP contribution in [0.15, 0.2) is 17.1 Å². The molecule has 0 aromatic carbocycles. The van der Waals surface area contributed by atoms with Crippen molar-refractivity contribution in [1.82, 2.24) is 19.8 Å². The quantitative estimate of drug-likeness (QED) is 0.350. The minimum absolute atomic E-state index is 0.0156. The highest BCUT2D eigenvalue weighted by molar-refractivity contribution is 5.96. The molecule has 1 aliphatic heterocycles. The number of nitrogens with zero attached hydrogens (tertiary/aromatic N) is 3. The zero-order valence-electron chi connectivity index (χ0n) is 20.2. The molecule has 10 nitrogen and oxygen atoms in total. The van der Waals surface area contributed by atoms with Crippen molar-refractivity contribution >= 4 is 23.5 Å². The Labute approximate surface area is 197 Å². The highest BCUT2D eigenvalue weighted by Crippen LogP contribution is 2.27. The number of H-pyrrole nitrogens is 1. The fourth-order valence-corrected chi connectivity index (χ4v) is 4.41. The molecule has 1 saturated carbocycles. The van der Waals surface area contributed by atoms with Gasteiger partial charge in [-0.2, -0.15) is 4.57 Å². The van der Waals surface area contributed by atoms with Gasteiger partial charge in [-0.05, 0) is 45.1 Å². The van der Waals surface area contributed by atoms with E-state index in [9.17, 15) is 24.6 Å². The third-order valence-electron chi connectivity index (χ3n) is 6.56. The van der Waals surface area contributed by atoms with E-state index in [-0.39, 0.29) is 35.2 Å². The summed E-state index contributed by atoms with van der Waals surface area (Å²) >= 11 is 0. The van der Waals surface area contributed by atoms with Crippen LogP contribution in [0.2, 0.25) is 0 Å².